The predicted molar refractivity (Wildman–Crippen MR) is 93.0 cm³/mol. The predicted octanol–water partition coefficient (Wildman–Crippen LogP) is 5.77. The fourth-order valence-corrected chi connectivity index (χ4v) is 8.83. The third-order valence-electron chi connectivity index (χ3n) is 10.3. The Kier molecular flexibility index (Phi) is 3.02. The SMILES string of the molecule is C[C@]12CCCCC1CC[C@@H]1[C@@H]2CC[C@@]2(C)[C@H]1CC[C@@]21CCC1=O. The highest BCUT2D eigenvalue weighted by Crippen LogP contribution is 2.73. The van der Waals surface area contributed by atoms with Crippen LogP contribution in [0.2, 0.25) is 0 Å². The van der Waals surface area contributed by atoms with Gasteiger partial charge in [0, 0.05) is 11.8 Å². The molecule has 0 aromatic rings. The van der Waals surface area contributed by atoms with Gasteiger partial charge in [-0.3, -0.25) is 4.79 Å². The Labute approximate surface area is 142 Å². The van der Waals surface area contributed by atoms with Crippen LogP contribution in [-0.2, 0) is 4.79 Å². The average Bonchev–Trinajstić information content (AvgIpc) is 2.88. The van der Waals surface area contributed by atoms with Gasteiger partial charge in [-0.15, -0.1) is 0 Å². The number of hydrogen-bond acceptors (Lipinski definition) is 1. The van der Waals surface area contributed by atoms with Gasteiger partial charge in [-0.25, -0.2) is 0 Å². The Balaban J connectivity index is 1.48. The molecule has 5 aliphatic rings. The summed E-state index contributed by atoms with van der Waals surface area (Å²) in [6.45, 7) is 5.20. The van der Waals surface area contributed by atoms with Gasteiger partial charge in [0.1, 0.15) is 5.78 Å². The quantitative estimate of drug-likeness (QED) is 0.555. The Bertz CT molecular complexity index is 538. The van der Waals surface area contributed by atoms with Crippen LogP contribution in [0.4, 0.5) is 0 Å². The van der Waals surface area contributed by atoms with Crippen LogP contribution in [0.5, 0.6) is 0 Å². The smallest absolute Gasteiger partial charge is 0.139 e. The van der Waals surface area contributed by atoms with Crippen molar-refractivity contribution >= 4 is 5.78 Å². The maximum absolute atomic E-state index is 12.6. The summed E-state index contributed by atoms with van der Waals surface area (Å²) in [7, 11) is 0. The second-order valence-electron chi connectivity index (χ2n) is 10.4. The fraction of sp³-hybridized carbons (Fsp3) is 0.955. The lowest BCUT2D eigenvalue weighted by molar-refractivity contribution is -0.163. The number of fused-ring (bicyclic) bond motifs is 6. The van der Waals surface area contributed by atoms with Crippen LogP contribution >= 0.6 is 0 Å². The molecule has 0 saturated heterocycles. The largest absolute Gasteiger partial charge is 0.299 e. The van der Waals surface area contributed by atoms with Crippen molar-refractivity contribution in [2.45, 2.75) is 90.9 Å². The van der Waals surface area contributed by atoms with E-state index in [0.29, 0.717) is 16.6 Å². The van der Waals surface area contributed by atoms with Crippen LogP contribution in [0.3, 0.4) is 0 Å². The van der Waals surface area contributed by atoms with Crippen LogP contribution in [-0.4, -0.2) is 5.78 Å². The summed E-state index contributed by atoms with van der Waals surface area (Å²) in [6.07, 6.45) is 16.4. The van der Waals surface area contributed by atoms with Gasteiger partial charge >= 0.3 is 0 Å². The van der Waals surface area contributed by atoms with Crippen molar-refractivity contribution in [2.75, 3.05) is 0 Å². The first-order chi connectivity index (χ1) is 11.0. The lowest BCUT2D eigenvalue weighted by atomic mass is 9.41. The van der Waals surface area contributed by atoms with E-state index >= 15 is 0 Å². The molecule has 0 aromatic heterocycles. The summed E-state index contributed by atoms with van der Waals surface area (Å²) < 4.78 is 0. The summed E-state index contributed by atoms with van der Waals surface area (Å²) in [5.74, 6) is 4.44. The Morgan fingerprint density at radius 2 is 1.65 bits per heavy atom. The van der Waals surface area contributed by atoms with Crippen molar-refractivity contribution in [3.63, 3.8) is 0 Å². The van der Waals surface area contributed by atoms with E-state index in [4.69, 9.17) is 0 Å². The van der Waals surface area contributed by atoms with Crippen molar-refractivity contribution in [3.8, 4) is 0 Å². The number of hydrogen-bond donors (Lipinski definition) is 0. The Hall–Kier alpha value is -0.330. The van der Waals surface area contributed by atoms with E-state index in [1.165, 1.54) is 70.6 Å². The van der Waals surface area contributed by atoms with Crippen LogP contribution in [0, 0.1) is 39.9 Å². The highest BCUT2D eigenvalue weighted by molar-refractivity contribution is 5.91. The van der Waals surface area contributed by atoms with E-state index < -0.39 is 0 Å². The molecule has 23 heavy (non-hydrogen) atoms. The maximum atomic E-state index is 12.6. The van der Waals surface area contributed by atoms with E-state index in [1.54, 1.807) is 0 Å². The van der Waals surface area contributed by atoms with Gasteiger partial charge in [0.05, 0.1) is 0 Å². The second-order valence-corrected chi connectivity index (χ2v) is 10.4. The number of rotatable bonds is 0. The van der Waals surface area contributed by atoms with Crippen LogP contribution in [0.1, 0.15) is 90.9 Å². The molecule has 0 N–H and O–H groups in total. The van der Waals surface area contributed by atoms with E-state index in [0.717, 1.165) is 30.1 Å². The van der Waals surface area contributed by atoms with Crippen molar-refractivity contribution in [2.24, 2.45) is 39.9 Å². The molecule has 5 saturated carbocycles. The van der Waals surface area contributed by atoms with Crippen molar-refractivity contribution in [3.05, 3.63) is 0 Å². The highest BCUT2D eigenvalue weighted by Gasteiger charge is 2.68. The van der Waals surface area contributed by atoms with Crippen molar-refractivity contribution < 1.29 is 4.79 Å². The molecule has 5 aliphatic carbocycles. The molecule has 1 nitrogen and oxygen atoms in total. The van der Waals surface area contributed by atoms with E-state index in [-0.39, 0.29) is 5.41 Å². The molecule has 0 bridgehead atoms. The highest BCUT2D eigenvalue weighted by atomic mass is 16.1. The van der Waals surface area contributed by atoms with Gasteiger partial charge in [0.15, 0.2) is 0 Å². The molecule has 1 spiro atoms. The molecular formula is C22H34O. The lowest BCUT2D eigenvalue weighted by Crippen LogP contribution is -2.58. The van der Waals surface area contributed by atoms with E-state index in [9.17, 15) is 4.79 Å². The zero-order chi connectivity index (χ0) is 15.9. The van der Waals surface area contributed by atoms with E-state index in [1.807, 2.05) is 0 Å². The van der Waals surface area contributed by atoms with Crippen molar-refractivity contribution in [1.82, 2.24) is 0 Å². The maximum Gasteiger partial charge on any atom is 0.139 e. The summed E-state index contributed by atoms with van der Waals surface area (Å²) in [5.41, 5.74) is 1.14. The molecule has 0 heterocycles. The van der Waals surface area contributed by atoms with Gasteiger partial charge in [0.2, 0.25) is 0 Å². The standard InChI is InChI=1S/C22H34O/c1-20-11-4-3-5-15(20)6-7-16-17(20)8-12-21(2)18(16)9-13-22(21)14-10-19(22)23/h15-18H,3-14H2,1-2H3/t15?,16-,17+,18+,20+,21+,22+/m1/s1. The lowest BCUT2D eigenvalue weighted by Gasteiger charge is -2.62. The van der Waals surface area contributed by atoms with Crippen LogP contribution in [0.25, 0.3) is 0 Å². The molecule has 1 unspecified atom stereocenters. The minimum Gasteiger partial charge on any atom is -0.299 e. The third-order valence-corrected chi connectivity index (χ3v) is 10.3. The number of ketones is 1. The van der Waals surface area contributed by atoms with Crippen LogP contribution < -0.4 is 0 Å². The normalized spacial score (nSPS) is 58.3. The first-order valence-electron chi connectivity index (χ1n) is 10.5. The Morgan fingerprint density at radius 1 is 0.826 bits per heavy atom. The van der Waals surface area contributed by atoms with Gasteiger partial charge in [-0.2, -0.15) is 0 Å². The molecule has 1 heteroatoms. The zero-order valence-corrected chi connectivity index (χ0v) is 15.2. The first kappa shape index (κ1) is 15.0. The van der Waals surface area contributed by atoms with Gasteiger partial charge in [-0.05, 0) is 92.3 Å². The molecule has 7 atom stereocenters. The van der Waals surface area contributed by atoms with E-state index in [2.05, 4.69) is 13.8 Å². The molecule has 0 amide bonds. The molecule has 5 fully saturated rings. The Morgan fingerprint density at radius 3 is 2.39 bits per heavy atom. The third kappa shape index (κ3) is 1.63. The number of Topliss-reactive ketones (excluding diaryl/α,β-unsaturated/α-hetero) is 1. The first-order valence-corrected chi connectivity index (χ1v) is 10.5. The fourth-order valence-electron chi connectivity index (χ4n) is 8.83. The molecule has 5 rings (SSSR count). The molecule has 0 aliphatic heterocycles. The second kappa shape index (κ2) is 4.64. The summed E-state index contributed by atoms with van der Waals surface area (Å²) in [4.78, 5) is 12.6. The molecule has 0 radical (unpaired) electrons. The van der Waals surface area contributed by atoms with Crippen molar-refractivity contribution in [1.29, 1.82) is 0 Å². The summed E-state index contributed by atoms with van der Waals surface area (Å²) in [5, 5.41) is 0. The van der Waals surface area contributed by atoms with Gasteiger partial charge in [0.25, 0.3) is 0 Å². The molecule has 128 valence electrons. The topological polar surface area (TPSA) is 17.1 Å². The molecule has 0 aromatic carbocycles. The number of carbonyl (C=O) groups excluding carboxylic acids is 1. The monoisotopic (exact) mass is 314 g/mol. The number of carbonyl (C=O) groups is 1. The summed E-state index contributed by atoms with van der Waals surface area (Å²) >= 11 is 0. The van der Waals surface area contributed by atoms with Gasteiger partial charge < -0.3 is 0 Å². The van der Waals surface area contributed by atoms with Gasteiger partial charge in [-0.1, -0.05) is 26.7 Å². The zero-order valence-electron chi connectivity index (χ0n) is 15.2. The molecular weight excluding hydrogens is 280 g/mol. The minimum atomic E-state index is 0.132. The van der Waals surface area contributed by atoms with Crippen LogP contribution in [0.15, 0.2) is 0 Å². The minimum absolute atomic E-state index is 0.132. The summed E-state index contributed by atoms with van der Waals surface area (Å²) in [6, 6.07) is 0. The average molecular weight is 315 g/mol.